The standard InChI is InChI=1S/C22H29BrN6O2S/c1-6-16-18(27(5)20-25-19(23)26-32-20)29-13-15(7-8-17(29)24-16)14-9-11-28(12-10-14)21(30)31-22(2,3)4/h7-8,13-14H,6,9-12H2,1-5H3. The number of nitrogens with zero attached hydrogens (tertiary/aromatic N) is 6. The lowest BCUT2D eigenvalue weighted by Crippen LogP contribution is -2.41. The number of ether oxygens (including phenoxy) is 1. The van der Waals surface area contributed by atoms with E-state index < -0.39 is 5.60 Å². The van der Waals surface area contributed by atoms with Gasteiger partial charge in [0.1, 0.15) is 17.1 Å². The van der Waals surface area contributed by atoms with E-state index in [4.69, 9.17) is 9.72 Å². The van der Waals surface area contributed by atoms with Gasteiger partial charge in [-0.1, -0.05) is 13.0 Å². The number of aromatic nitrogens is 4. The number of aryl methyl sites for hydroxylation is 1. The average Bonchev–Trinajstić information content (AvgIpc) is 3.35. The first-order valence-electron chi connectivity index (χ1n) is 10.9. The predicted octanol–water partition coefficient (Wildman–Crippen LogP) is 5.39. The van der Waals surface area contributed by atoms with Gasteiger partial charge in [-0.3, -0.25) is 4.40 Å². The van der Waals surface area contributed by atoms with Gasteiger partial charge in [-0.25, -0.2) is 9.78 Å². The summed E-state index contributed by atoms with van der Waals surface area (Å²) in [5, 5.41) is 0.810. The molecule has 1 aliphatic heterocycles. The number of amides is 1. The van der Waals surface area contributed by atoms with E-state index in [2.05, 4.69) is 59.8 Å². The van der Waals surface area contributed by atoms with Gasteiger partial charge in [-0.2, -0.15) is 9.36 Å². The number of hydrogen-bond acceptors (Lipinski definition) is 7. The molecule has 32 heavy (non-hydrogen) atoms. The van der Waals surface area contributed by atoms with Crippen LogP contribution in [0.5, 0.6) is 0 Å². The molecule has 0 aromatic carbocycles. The van der Waals surface area contributed by atoms with Gasteiger partial charge in [0.25, 0.3) is 0 Å². The van der Waals surface area contributed by atoms with Crippen molar-refractivity contribution >= 4 is 50.2 Å². The molecular formula is C22H29BrN6O2S. The molecule has 1 amide bonds. The van der Waals surface area contributed by atoms with Crippen LogP contribution in [0.2, 0.25) is 0 Å². The minimum absolute atomic E-state index is 0.222. The van der Waals surface area contributed by atoms with Crippen LogP contribution in [0.4, 0.5) is 15.7 Å². The van der Waals surface area contributed by atoms with E-state index >= 15 is 0 Å². The number of piperidine rings is 1. The van der Waals surface area contributed by atoms with Crippen molar-refractivity contribution in [3.8, 4) is 0 Å². The van der Waals surface area contributed by atoms with Crippen LogP contribution in [0, 0.1) is 0 Å². The molecule has 0 bridgehead atoms. The summed E-state index contributed by atoms with van der Waals surface area (Å²) in [5.41, 5.74) is 2.73. The number of hydrogen-bond donors (Lipinski definition) is 0. The van der Waals surface area contributed by atoms with Crippen LogP contribution in [0.3, 0.4) is 0 Å². The van der Waals surface area contributed by atoms with E-state index in [1.807, 2.05) is 32.7 Å². The zero-order valence-electron chi connectivity index (χ0n) is 19.1. The van der Waals surface area contributed by atoms with E-state index in [1.165, 1.54) is 17.1 Å². The SMILES string of the molecule is CCc1nc2ccc(C3CCN(C(=O)OC(C)(C)C)CC3)cn2c1N(C)c1nc(Br)ns1. The lowest BCUT2D eigenvalue weighted by atomic mass is 9.90. The third-order valence-corrected chi connectivity index (χ3v) is 7.02. The summed E-state index contributed by atoms with van der Waals surface area (Å²) in [5.74, 6) is 1.40. The molecule has 4 heterocycles. The molecule has 0 spiro atoms. The second-order valence-electron chi connectivity index (χ2n) is 9.07. The molecule has 4 rings (SSSR count). The third-order valence-electron chi connectivity index (χ3n) is 5.63. The van der Waals surface area contributed by atoms with Gasteiger partial charge in [0.15, 0.2) is 0 Å². The fraction of sp³-hybridized carbons (Fsp3) is 0.545. The van der Waals surface area contributed by atoms with Crippen LogP contribution in [-0.2, 0) is 11.2 Å². The van der Waals surface area contributed by atoms with Crippen molar-refractivity contribution in [3.05, 3.63) is 34.3 Å². The number of imidazole rings is 1. The van der Waals surface area contributed by atoms with Crippen molar-refractivity contribution in [1.29, 1.82) is 0 Å². The summed E-state index contributed by atoms with van der Waals surface area (Å²) >= 11 is 4.70. The van der Waals surface area contributed by atoms with E-state index in [-0.39, 0.29) is 6.09 Å². The van der Waals surface area contributed by atoms with Crippen LogP contribution < -0.4 is 4.90 Å². The Labute approximate surface area is 200 Å². The molecule has 1 aliphatic rings. The van der Waals surface area contributed by atoms with Crippen molar-refractivity contribution in [2.75, 3.05) is 25.0 Å². The molecule has 8 nitrogen and oxygen atoms in total. The molecule has 0 atom stereocenters. The Morgan fingerprint density at radius 2 is 2.00 bits per heavy atom. The fourth-order valence-electron chi connectivity index (χ4n) is 4.08. The van der Waals surface area contributed by atoms with Crippen LogP contribution >= 0.6 is 27.5 Å². The molecule has 10 heteroatoms. The number of likely N-dealkylation sites (tertiary alicyclic amines) is 1. The van der Waals surface area contributed by atoms with Gasteiger partial charge in [0.2, 0.25) is 9.87 Å². The highest BCUT2D eigenvalue weighted by molar-refractivity contribution is 9.10. The number of anilines is 2. The van der Waals surface area contributed by atoms with Gasteiger partial charge in [0, 0.05) is 37.9 Å². The highest BCUT2D eigenvalue weighted by Crippen LogP contribution is 2.34. The second-order valence-corrected chi connectivity index (χ2v) is 10.5. The van der Waals surface area contributed by atoms with Gasteiger partial charge in [-0.05, 0) is 73.5 Å². The van der Waals surface area contributed by atoms with Crippen molar-refractivity contribution in [2.45, 2.75) is 58.5 Å². The molecule has 0 radical (unpaired) electrons. The predicted molar refractivity (Wildman–Crippen MR) is 130 cm³/mol. The fourth-order valence-corrected chi connectivity index (χ4v) is 5.11. The molecule has 0 unspecified atom stereocenters. The highest BCUT2D eigenvalue weighted by atomic mass is 79.9. The summed E-state index contributed by atoms with van der Waals surface area (Å²) in [6, 6.07) is 4.25. The number of fused-ring (bicyclic) bond motifs is 1. The Balaban J connectivity index is 1.57. The Hall–Kier alpha value is -2.20. The molecule has 172 valence electrons. The number of carbonyl (C=O) groups excluding carboxylic acids is 1. The topological polar surface area (TPSA) is 75.9 Å². The smallest absolute Gasteiger partial charge is 0.410 e. The van der Waals surface area contributed by atoms with E-state index in [9.17, 15) is 4.79 Å². The first-order chi connectivity index (χ1) is 15.2. The van der Waals surface area contributed by atoms with E-state index in [0.29, 0.717) is 23.7 Å². The Morgan fingerprint density at radius 3 is 2.59 bits per heavy atom. The van der Waals surface area contributed by atoms with Gasteiger partial charge < -0.3 is 14.5 Å². The number of rotatable bonds is 4. The molecule has 0 aliphatic carbocycles. The number of halogens is 1. The van der Waals surface area contributed by atoms with Gasteiger partial charge >= 0.3 is 6.09 Å². The summed E-state index contributed by atoms with van der Waals surface area (Å²) in [6.45, 7) is 9.22. The van der Waals surface area contributed by atoms with Gasteiger partial charge in [-0.15, -0.1) is 0 Å². The summed E-state index contributed by atoms with van der Waals surface area (Å²) in [7, 11) is 2.00. The minimum Gasteiger partial charge on any atom is -0.444 e. The number of carbonyl (C=O) groups is 1. The minimum atomic E-state index is -0.470. The zero-order chi connectivity index (χ0) is 23.0. The normalized spacial score (nSPS) is 15.4. The van der Waals surface area contributed by atoms with Crippen LogP contribution in [0.1, 0.15) is 57.7 Å². The molecule has 0 N–H and O–H groups in total. The molecule has 3 aromatic heterocycles. The molecule has 1 saturated heterocycles. The quantitative estimate of drug-likeness (QED) is 0.458. The highest BCUT2D eigenvalue weighted by Gasteiger charge is 2.28. The Morgan fingerprint density at radius 1 is 1.28 bits per heavy atom. The summed E-state index contributed by atoms with van der Waals surface area (Å²) in [4.78, 5) is 25.6. The van der Waals surface area contributed by atoms with Gasteiger partial charge in [0.05, 0.1) is 5.69 Å². The van der Waals surface area contributed by atoms with E-state index in [0.717, 1.165) is 41.6 Å². The monoisotopic (exact) mass is 520 g/mol. The van der Waals surface area contributed by atoms with Crippen LogP contribution in [0.25, 0.3) is 5.65 Å². The first kappa shape index (κ1) is 23.0. The lowest BCUT2D eigenvalue weighted by Gasteiger charge is -2.33. The summed E-state index contributed by atoms with van der Waals surface area (Å²) in [6.07, 6.45) is 4.62. The van der Waals surface area contributed by atoms with Crippen molar-refractivity contribution in [3.63, 3.8) is 0 Å². The molecule has 3 aromatic rings. The Bertz CT molecular complexity index is 1110. The van der Waals surface area contributed by atoms with Crippen molar-refractivity contribution < 1.29 is 9.53 Å². The second kappa shape index (κ2) is 8.97. The van der Waals surface area contributed by atoms with Crippen LogP contribution in [-0.4, -0.2) is 55.5 Å². The van der Waals surface area contributed by atoms with Crippen molar-refractivity contribution in [1.82, 2.24) is 23.6 Å². The average molecular weight is 521 g/mol. The summed E-state index contributed by atoms with van der Waals surface area (Å²) < 4.78 is 12.5. The molecule has 1 fully saturated rings. The first-order valence-corrected chi connectivity index (χ1v) is 12.4. The third kappa shape index (κ3) is 4.76. The number of pyridine rings is 1. The zero-order valence-corrected chi connectivity index (χ0v) is 21.5. The van der Waals surface area contributed by atoms with Crippen molar-refractivity contribution in [2.24, 2.45) is 0 Å². The largest absolute Gasteiger partial charge is 0.444 e. The maximum Gasteiger partial charge on any atom is 0.410 e. The van der Waals surface area contributed by atoms with E-state index in [1.54, 1.807) is 0 Å². The maximum atomic E-state index is 12.4. The lowest BCUT2D eigenvalue weighted by molar-refractivity contribution is 0.0205. The molecular weight excluding hydrogens is 492 g/mol. The Kier molecular flexibility index (Phi) is 6.44. The maximum absolute atomic E-state index is 12.4. The molecule has 0 saturated carbocycles. The van der Waals surface area contributed by atoms with Crippen LogP contribution in [0.15, 0.2) is 23.1 Å².